The average molecular weight is 263 g/mol. The van der Waals surface area contributed by atoms with Gasteiger partial charge in [0.05, 0.1) is 11.3 Å². The first-order chi connectivity index (χ1) is 8.97. The Morgan fingerprint density at radius 3 is 2.68 bits per heavy atom. The minimum absolute atomic E-state index is 0.113. The summed E-state index contributed by atoms with van der Waals surface area (Å²) >= 11 is 0. The lowest BCUT2D eigenvalue weighted by Crippen LogP contribution is -2.14. The Balaban J connectivity index is 2.25. The standard InChI is InChI=1S/C12H10FN3O3/c1-16-5-4-9(15-16)11(17)14-10-6-7(12(18)19)2-3-8(10)13/h2-6H,1H3,(H,14,17)(H,18,19). The van der Waals surface area contributed by atoms with E-state index in [0.29, 0.717) is 0 Å². The highest BCUT2D eigenvalue weighted by atomic mass is 19.1. The third-order valence-electron chi connectivity index (χ3n) is 2.41. The van der Waals surface area contributed by atoms with Crippen LogP contribution in [-0.4, -0.2) is 26.8 Å². The molecule has 2 rings (SSSR count). The van der Waals surface area contributed by atoms with Crippen molar-refractivity contribution in [1.82, 2.24) is 9.78 Å². The first-order valence-corrected chi connectivity index (χ1v) is 5.31. The van der Waals surface area contributed by atoms with Crippen LogP contribution in [0.3, 0.4) is 0 Å². The molecule has 0 bridgehead atoms. The Kier molecular flexibility index (Phi) is 3.28. The van der Waals surface area contributed by atoms with Crippen LogP contribution in [0.2, 0.25) is 0 Å². The van der Waals surface area contributed by atoms with Crippen LogP contribution < -0.4 is 5.32 Å². The van der Waals surface area contributed by atoms with E-state index in [1.165, 1.54) is 10.7 Å². The fourth-order valence-electron chi connectivity index (χ4n) is 1.48. The van der Waals surface area contributed by atoms with E-state index in [4.69, 9.17) is 5.11 Å². The molecule has 1 aromatic carbocycles. The zero-order valence-corrected chi connectivity index (χ0v) is 9.92. The Hall–Kier alpha value is -2.70. The van der Waals surface area contributed by atoms with Crippen molar-refractivity contribution in [2.75, 3.05) is 5.32 Å². The summed E-state index contributed by atoms with van der Waals surface area (Å²) in [5, 5.41) is 14.9. The van der Waals surface area contributed by atoms with Crippen molar-refractivity contribution >= 4 is 17.6 Å². The number of benzene rings is 1. The highest BCUT2D eigenvalue weighted by Crippen LogP contribution is 2.17. The van der Waals surface area contributed by atoms with Gasteiger partial charge in [-0.15, -0.1) is 0 Å². The summed E-state index contributed by atoms with van der Waals surface area (Å²) in [6.07, 6.45) is 1.57. The Labute approximate surface area is 107 Å². The molecule has 0 aliphatic carbocycles. The number of amides is 1. The SMILES string of the molecule is Cn1ccc(C(=O)Nc2cc(C(=O)O)ccc2F)n1. The van der Waals surface area contributed by atoms with E-state index in [1.54, 1.807) is 13.2 Å². The van der Waals surface area contributed by atoms with Crippen LogP contribution >= 0.6 is 0 Å². The maximum absolute atomic E-state index is 13.5. The monoisotopic (exact) mass is 263 g/mol. The number of aromatic nitrogens is 2. The lowest BCUT2D eigenvalue weighted by molar-refractivity contribution is 0.0696. The van der Waals surface area contributed by atoms with Crippen molar-refractivity contribution in [3.8, 4) is 0 Å². The number of nitrogens with one attached hydrogen (secondary N) is 1. The number of rotatable bonds is 3. The number of carbonyl (C=O) groups excluding carboxylic acids is 1. The quantitative estimate of drug-likeness (QED) is 0.879. The van der Waals surface area contributed by atoms with Crippen LogP contribution in [0.5, 0.6) is 0 Å². The summed E-state index contributed by atoms with van der Waals surface area (Å²) in [7, 11) is 1.64. The van der Waals surface area contributed by atoms with Crippen LogP contribution in [0.1, 0.15) is 20.8 Å². The Morgan fingerprint density at radius 1 is 1.37 bits per heavy atom. The van der Waals surface area contributed by atoms with Crippen molar-refractivity contribution in [3.05, 3.63) is 47.5 Å². The Morgan fingerprint density at radius 2 is 2.11 bits per heavy atom. The molecule has 0 atom stereocenters. The van der Waals surface area contributed by atoms with E-state index >= 15 is 0 Å². The molecule has 1 aromatic heterocycles. The van der Waals surface area contributed by atoms with Crippen molar-refractivity contribution in [2.45, 2.75) is 0 Å². The smallest absolute Gasteiger partial charge is 0.335 e. The summed E-state index contributed by atoms with van der Waals surface area (Å²) in [4.78, 5) is 22.5. The molecule has 6 nitrogen and oxygen atoms in total. The number of hydrogen-bond acceptors (Lipinski definition) is 3. The molecule has 0 radical (unpaired) electrons. The van der Waals surface area contributed by atoms with Gasteiger partial charge in [-0.1, -0.05) is 0 Å². The van der Waals surface area contributed by atoms with E-state index in [1.807, 2.05) is 0 Å². The van der Waals surface area contributed by atoms with Gasteiger partial charge in [0.1, 0.15) is 5.82 Å². The maximum atomic E-state index is 13.5. The topological polar surface area (TPSA) is 84.2 Å². The number of hydrogen-bond donors (Lipinski definition) is 2. The van der Waals surface area contributed by atoms with Gasteiger partial charge in [-0.2, -0.15) is 5.10 Å². The number of aromatic carboxylic acids is 1. The maximum Gasteiger partial charge on any atom is 0.335 e. The first-order valence-electron chi connectivity index (χ1n) is 5.31. The third kappa shape index (κ3) is 2.76. The van der Waals surface area contributed by atoms with Gasteiger partial charge < -0.3 is 10.4 Å². The molecule has 0 spiro atoms. The lowest BCUT2D eigenvalue weighted by Gasteiger charge is -2.05. The van der Waals surface area contributed by atoms with Crippen LogP contribution in [-0.2, 0) is 7.05 Å². The second-order valence-corrected chi connectivity index (χ2v) is 3.83. The molecule has 2 N–H and O–H groups in total. The molecule has 1 amide bonds. The summed E-state index contributed by atoms with van der Waals surface area (Å²) in [5.41, 5.74) is -0.198. The van der Waals surface area contributed by atoms with Crippen molar-refractivity contribution < 1.29 is 19.1 Å². The third-order valence-corrected chi connectivity index (χ3v) is 2.41. The van der Waals surface area contributed by atoms with Crippen LogP contribution in [0.15, 0.2) is 30.5 Å². The van der Waals surface area contributed by atoms with Gasteiger partial charge in [-0.3, -0.25) is 9.48 Å². The number of carboxylic acids is 1. The molecule has 0 aliphatic heterocycles. The fourth-order valence-corrected chi connectivity index (χ4v) is 1.48. The first kappa shape index (κ1) is 12.7. The van der Waals surface area contributed by atoms with E-state index < -0.39 is 17.7 Å². The largest absolute Gasteiger partial charge is 0.478 e. The van der Waals surface area contributed by atoms with Gasteiger partial charge in [0.2, 0.25) is 0 Å². The number of carbonyl (C=O) groups is 2. The molecular weight excluding hydrogens is 253 g/mol. The zero-order valence-electron chi connectivity index (χ0n) is 9.92. The highest BCUT2D eigenvalue weighted by Gasteiger charge is 2.13. The minimum Gasteiger partial charge on any atom is -0.478 e. The summed E-state index contributed by atoms with van der Waals surface area (Å²) < 4.78 is 14.9. The lowest BCUT2D eigenvalue weighted by atomic mass is 10.2. The fraction of sp³-hybridized carbons (Fsp3) is 0.0833. The van der Waals surface area contributed by atoms with E-state index in [9.17, 15) is 14.0 Å². The number of halogens is 1. The predicted octanol–water partition coefficient (Wildman–Crippen LogP) is 1.51. The van der Waals surface area contributed by atoms with Gasteiger partial charge in [0.15, 0.2) is 5.69 Å². The number of carboxylic acid groups (broad SMARTS) is 1. The molecule has 19 heavy (non-hydrogen) atoms. The van der Waals surface area contributed by atoms with Gasteiger partial charge >= 0.3 is 5.97 Å². The van der Waals surface area contributed by atoms with Crippen molar-refractivity contribution in [3.63, 3.8) is 0 Å². The minimum atomic E-state index is -1.20. The molecule has 2 aromatic rings. The van der Waals surface area contributed by atoms with Gasteiger partial charge in [0, 0.05) is 13.2 Å². The molecule has 0 aliphatic rings. The highest BCUT2D eigenvalue weighted by molar-refractivity contribution is 6.03. The molecular formula is C12H10FN3O3. The predicted molar refractivity (Wildman–Crippen MR) is 64.5 cm³/mol. The summed E-state index contributed by atoms with van der Waals surface area (Å²) in [6, 6.07) is 4.62. The van der Waals surface area contributed by atoms with Gasteiger partial charge in [-0.05, 0) is 24.3 Å². The molecule has 7 heteroatoms. The zero-order chi connectivity index (χ0) is 14.0. The van der Waals surface area contributed by atoms with Crippen LogP contribution in [0, 0.1) is 5.82 Å². The molecule has 0 fully saturated rings. The molecule has 0 unspecified atom stereocenters. The van der Waals surface area contributed by atoms with E-state index in [2.05, 4.69) is 10.4 Å². The normalized spacial score (nSPS) is 10.2. The second-order valence-electron chi connectivity index (χ2n) is 3.83. The molecule has 0 saturated carbocycles. The molecule has 1 heterocycles. The van der Waals surface area contributed by atoms with Crippen LogP contribution in [0.25, 0.3) is 0 Å². The average Bonchev–Trinajstić information content (AvgIpc) is 2.78. The van der Waals surface area contributed by atoms with Gasteiger partial charge in [0.25, 0.3) is 5.91 Å². The Bertz CT molecular complexity index is 651. The van der Waals surface area contributed by atoms with E-state index in [0.717, 1.165) is 18.2 Å². The summed E-state index contributed by atoms with van der Waals surface area (Å²) in [6.45, 7) is 0. The number of anilines is 1. The van der Waals surface area contributed by atoms with Gasteiger partial charge in [-0.25, -0.2) is 9.18 Å². The number of nitrogens with zero attached hydrogens (tertiary/aromatic N) is 2. The van der Waals surface area contributed by atoms with Crippen LogP contribution in [0.4, 0.5) is 10.1 Å². The molecule has 98 valence electrons. The molecule has 0 saturated heterocycles. The van der Waals surface area contributed by atoms with E-state index in [-0.39, 0.29) is 16.9 Å². The van der Waals surface area contributed by atoms with Crippen molar-refractivity contribution in [1.29, 1.82) is 0 Å². The summed E-state index contributed by atoms with van der Waals surface area (Å²) in [5.74, 6) is -2.52. The number of aryl methyl sites for hydroxylation is 1. The van der Waals surface area contributed by atoms with Crippen molar-refractivity contribution in [2.24, 2.45) is 7.05 Å². The second kappa shape index (κ2) is 4.89.